The maximum Gasteiger partial charge on any atom is 0.349 e. The molecule has 0 spiro atoms. The lowest BCUT2D eigenvalue weighted by molar-refractivity contribution is 0.00761. The van der Waals surface area contributed by atoms with Gasteiger partial charge in [0, 0.05) is 5.56 Å². The van der Waals surface area contributed by atoms with Gasteiger partial charge in [-0.05, 0) is 37.8 Å². The smallest absolute Gasteiger partial charge is 0.349 e. The number of hydrogen-bond acceptors (Lipinski definition) is 3. The Kier molecular flexibility index (Phi) is 3.53. The van der Waals surface area contributed by atoms with Gasteiger partial charge in [0.1, 0.15) is 10.5 Å². The lowest BCUT2D eigenvalue weighted by atomic mass is 10.1. The topological polar surface area (TPSA) is 26.3 Å². The summed E-state index contributed by atoms with van der Waals surface area (Å²) in [6, 6.07) is 11.8. The van der Waals surface area contributed by atoms with Crippen molar-refractivity contribution in [3.63, 3.8) is 0 Å². The summed E-state index contributed by atoms with van der Waals surface area (Å²) in [4.78, 5) is 12.8. The molecule has 2 nitrogen and oxygen atoms in total. The molecule has 0 bridgehead atoms. The fourth-order valence-electron chi connectivity index (χ4n) is 1.64. The maximum absolute atomic E-state index is 12.1. The number of benzene rings is 1. The van der Waals surface area contributed by atoms with Gasteiger partial charge in [0.15, 0.2) is 0 Å². The quantitative estimate of drug-likeness (QED) is 0.749. The van der Waals surface area contributed by atoms with E-state index in [1.807, 2.05) is 62.5 Å². The van der Waals surface area contributed by atoms with E-state index in [4.69, 9.17) is 4.74 Å². The Balaban J connectivity index is 2.32. The second kappa shape index (κ2) is 4.94. The molecule has 0 aliphatic heterocycles. The van der Waals surface area contributed by atoms with Gasteiger partial charge in [0.2, 0.25) is 0 Å². The van der Waals surface area contributed by atoms with Crippen molar-refractivity contribution in [1.82, 2.24) is 0 Å². The minimum Gasteiger partial charge on any atom is -0.456 e. The number of carbonyl (C=O) groups is 1. The zero-order valence-electron chi connectivity index (χ0n) is 10.8. The molecule has 0 fully saturated rings. The molecule has 1 aromatic carbocycles. The Morgan fingerprint density at radius 3 is 2.39 bits per heavy atom. The molecule has 0 amide bonds. The van der Waals surface area contributed by atoms with Crippen LogP contribution in [0, 0.1) is 0 Å². The molecule has 0 saturated heterocycles. The van der Waals surface area contributed by atoms with E-state index >= 15 is 0 Å². The molecule has 0 aliphatic carbocycles. The Morgan fingerprint density at radius 1 is 1.11 bits per heavy atom. The van der Waals surface area contributed by atoms with Crippen molar-refractivity contribution in [2.75, 3.05) is 0 Å². The molecule has 0 unspecified atom stereocenters. The SMILES string of the molecule is CC(C)(C)OC(=O)c1sccc1-c1ccccc1. The van der Waals surface area contributed by atoms with Gasteiger partial charge in [-0.3, -0.25) is 0 Å². The van der Waals surface area contributed by atoms with E-state index in [2.05, 4.69) is 0 Å². The number of rotatable bonds is 2. The van der Waals surface area contributed by atoms with Crippen LogP contribution in [0.2, 0.25) is 0 Å². The molecule has 2 aromatic rings. The first kappa shape index (κ1) is 12.8. The zero-order chi connectivity index (χ0) is 13.2. The van der Waals surface area contributed by atoms with Crippen molar-refractivity contribution in [3.05, 3.63) is 46.7 Å². The summed E-state index contributed by atoms with van der Waals surface area (Å²) in [5, 5.41) is 1.92. The van der Waals surface area contributed by atoms with Gasteiger partial charge in [-0.1, -0.05) is 30.3 Å². The molecular formula is C15H16O2S. The minimum atomic E-state index is -0.463. The minimum absolute atomic E-state index is 0.253. The number of carbonyl (C=O) groups excluding carboxylic acids is 1. The lowest BCUT2D eigenvalue weighted by Gasteiger charge is -2.19. The molecule has 0 aliphatic rings. The predicted molar refractivity (Wildman–Crippen MR) is 74.9 cm³/mol. The van der Waals surface area contributed by atoms with Crippen LogP contribution >= 0.6 is 11.3 Å². The van der Waals surface area contributed by atoms with E-state index in [1.165, 1.54) is 11.3 Å². The molecule has 1 heterocycles. The highest BCUT2D eigenvalue weighted by atomic mass is 32.1. The van der Waals surface area contributed by atoms with Crippen LogP contribution in [0.4, 0.5) is 0 Å². The standard InChI is InChI=1S/C15H16O2S/c1-15(2,3)17-14(16)13-12(9-10-18-13)11-7-5-4-6-8-11/h4-10H,1-3H3. The summed E-state index contributed by atoms with van der Waals surface area (Å²) in [5.41, 5.74) is 1.52. The zero-order valence-corrected chi connectivity index (χ0v) is 11.6. The third-order valence-electron chi connectivity index (χ3n) is 2.33. The molecule has 1 aromatic heterocycles. The first-order chi connectivity index (χ1) is 8.47. The summed E-state index contributed by atoms with van der Waals surface area (Å²) in [5.74, 6) is -0.253. The molecule has 2 rings (SSSR count). The van der Waals surface area contributed by atoms with E-state index in [0.717, 1.165) is 11.1 Å². The molecule has 94 valence electrons. The van der Waals surface area contributed by atoms with Crippen molar-refractivity contribution in [2.45, 2.75) is 26.4 Å². The summed E-state index contributed by atoms with van der Waals surface area (Å²) in [6.07, 6.45) is 0. The van der Waals surface area contributed by atoms with Gasteiger partial charge in [-0.15, -0.1) is 11.3 Å². The largest absolute Gasteiger partial charge is 0.456 e. The average Bonchev–Trinajstić information content (AvgIpc) is 2.76. The number of thiophene rings is 1. The van der Waals surface area contributed by atoms with Gasteiger partial charge >= 0.3 is 5.97 Å². The van der Waals surface area contributed by atoms with Crippen molar-refractivity contribution >= 4 is 17.3 Å². The van der Waals surface area contributed by atoms with Crippen LogP contribution in [0.5, 0.6) is 0 Å². The third kappa shape index (κ3) is 2.99. The second-order valence-electron chi connectivity index (χ2n) is 5.03. The monoisotopic (exact) mass is 260 g/mol. The van der Waals surface area contributed by atoms with Crippen molar-refractivity contribution < 1.29 is 9.53 Å². The molecule has 18 heavy (non-hydrogen) atoms. The molecule has 0 N–H and O–H groups in total. The van der Waals surface area contributed by atoms with Gasteiger partial charge in [0.25, 0.3) is 0 Å². The highest BCUT2D eigenvalue weighted by Crippen LogP contribution is 2.29. The van der Waals surface area contributed by atoms with Gasteiger partial charge in [0.05, 0.1) is 0 Å². The predicted octanol–water partition coefficient (Wildman–Crippen LogP) is 4.37. The summed E-state index contributed by atoms with van der Waals surface area (Å²) in [7, 11) is 0. The van der Waals surface area contributed by atoms with Gasteiger partial charge in [-0.2, -0.15) is 0 Å². The second-order valence-corrected chi connectivity index (χ2v) is 5.95. The highest BCUT2D eigenvalue weighted by Gasteiger charge is 2.21. The van der Waals surface area contributed by atoms with Crippen molar-refractivity contribution in [2.24, 2.45) is 0 Å². The summed E-state index contributed by atoms with van der Waals surface area (Å²) in [6.45, 7) is 5.63. The van der Waals surface area contributed by atoms with E-state index in [-0.39, 0.29) is 5.97 Å². The van der Waals surface area contributed by atoms with Crippen LogP contribution in [0.1, 0.15) is 30.4 Å². The average molecular weight is 260 g/mol. The van der Waals surface area contributed by atoms with E-state index in [0.29, 0.717) is 4.88 Å². The van der Waals surface area contributed by atoms with Crippen LogP contribution in [0.3, 0.4) is 0 Å². The molecule has 0 radical (unpaired) electrons. The lowest BCUT2D eigenvalue weighted by Crippen LogP contribution is -2.23. The third-order valence-corrected chi connectivity index (χ3v) is 3.23. The molecule has 0 saturated carbocycles. The maximum atomic E-state index is 12.1. The highest BCUT2D eigenvalue weighted by molar-refractivity contribution is 7.12. The van der Waals surface area contributed by atoms with Gasteiger partial charge < -0.3 is 4.74 Å². The number of ether oxygens (including phenoxy) is 1. The first-order valence-corrected chi connectivity index (χ1v) is 6.71. The van der Waals surface area contributed by atoms with E-state index < -0.39 is 5.60 Å². The van der Waals surface area contributed by atoms with Crippen LogP contribution in [-0.2, 0) is 4.74 Å². The molecule has 0 atom stereocenters. The van der Waals surface area contributed by atoms with Crippen LogP contribution < -0.4 is 0 Å². The Bertz CT molecular complexity index is 535. The van der Waals surface area contributed by atoms with Gasteiger partial charge in [-0.25, -0.2) is 4.79 Å². The molecule has 3 heteroatoms. The number of hydrogen-bond donors (Lipinski definition) is 0. The van der Waals surface area contributed by atoms with Crippen molar-refractivity contribution in [1.29, 1.82) is 0 Å². The van der Waals surface area contributed by atoms with Crippen LogP contribution in [-0.4, -0.2) is 11.6 Å². The fraction of sp³-hybridized carbons (Fsp3) is 0.267. The summed E-state index contributed by atoms with van der Waals surface area (Å²) < 4.78 is 5.42. The van der Waals surface area contributed by atoms with E-state index in [1.54, 1.807) is 0 Å². The normalized spacial score (nSPS) is 11.3. The van der Waals surface area contributed by atoms with E-state index in [9.17, 15) is 4.79 Å². The summed E-state index contributed by atoms with van der Waals surface area (Å²) >= 11 is 1.42. The van der Waals surface area contributed by atoms with Crippen molar-refractivity contribution in [3.8, 4) is 11.1 Å². The first-order valence-electron chi connectivity index (χ1n) is 5.83. The Labute approximate surface area is 111 Å². The fourth-order valence-corrected chi connectivity index (χ4v) is 2.43. The van der Waals surface area contributed by atoms with Crippen LogP contribution in [0.15, 0.2) is 41.8 Å². The Morgan fingerprint density at radius 2 is 1.78 bits per heavy atom. The van der Waals surface area contributed by atoms with Crippen LogP contribution in [0.25, 0.3) is 11.1 Å². The number of esters is 1. The molecular weight excluding hydrogens is 244 g/mol. The Hall–Kier alpha value is -1.61.